The monoisotopic (exact) mass is 653 g/mol. The van der Waals surface area contributed by atoms with Crippen molar-refractivity contribution in [3.8, 4) is 5.82 Å². The first-order chi connectivity index (χ1) is 21.1. The van der Waals surface area contributed by atoms with E-state index in [0.29, 0.717) is 18.9 Å². The molecule has 0 amide bonds. The molecule has 3 aromatic heterocycles. The number of rotatable bonds is 15. The lowest BCUT2D eigenvalue weighted by Gasteiger charge is -2.29. The number of hydrogen-bond donors (Lipinski definition) is 7. The fourth-order valence-corrected chi connectivity index (χ4v) is 4.81. The van der Waals surface area contributed by atoms with Crippen LogP contribution in [0.1, 0.15) is 75.3 Å². The predicted octanol–water partition coefficient (Wildman–Crippen LogP) is 3.16. The SMILES string of the molecule is CCCN(CC(O)c1ccc(-n2c(C)ccc2C)nc1)[C@@H](C)CO.CCCN(CC(O)c1ccc(N)nc1)[C@@H](C)CO.Cl.NO. The Morgan fingerprint density at radius 3 is 1.49 bits per heavy atom. The van der Waals surface area contributed by atoms with E-state index >= 15 is 0 Å². The Kier molecular flexibility index (Phi) is 21.4. The molecule has 0 aromatic carbocycles. The van der Waals surface area contributed by atoms with Gasteiger partial charge in [0.05, 0.1) is 25.4 Å². The van der Waals surface area contributed by atoms with Crippen molar-refractivity contribution in [2.75, 3.05) is 45.1 Å². The predicted molar refractivity (Wildman–Crippen MR) is 182 cm³/mol. The number of halogens is 1. The summed E-state index contributed by atoms with van der Waals surface area (Å²) in [5.74, 6) is 4.81. The molecule has 45 heavy (non-hydrogen) atoms. The van der Waals surface area contributed by atoms with Crippen molar-refractivity contribution in [2.24, 2.45) is 5.90 Å². The summed E-state index contributed by atoms with van der Waals surface area (Å²) in [6.45, 7) is 15.1. The summed E-state index contributed by atoms with van der Waals surface area (Å²) in [7, 11) is 0. The van der Waals surface area contributed by atoms with E-state index in [0.717, 1.165) is 54.3 Å². The zero-order valence-electron chi connectivity index (χ0n) is 27.6. The standard InChI is InChI=1S/C19H29N3O2.C13H23N3O2.ClH.H3NO/c1-5-10-21(16(4)13-23)12-18(24)17-8-9-19(20-11-17)22-14(2)6-7-15(22)3;1-3-6-16(10(2)9-17)8-12(18)11-4-5-13(14)15-7-11;;1-2/h6-9,11,16,18,23-24H,5,10,12-13H2,1-4H3;4-5,7,10,12,17-18H,3,6,8-9H2,1-2H3,(H2,14,15);1H;2H,1H2/t16-,18?;10-,12?;;/m00../s1. The Labute approximate surface area is 274 Å². The van der Waals surface area contributed by atoms with E-state index < -0.39 is 12.2 Å². The molecule has 0 aliphatic heterocycles. The number of aliphatic hydroxyl groups is 4. The van der Waals surface area contributed by atoms with Gasteiger partial charge < -0.3 is 35.9 Å². The zero-order valence-corrected chi connectivity index (χ0v) is 28.4. The number of pyridine rings is 2. The van der Waals surface area contributed by atoms with Crippen LogP contribution >= 0.6 is 12.4 Å². The highest BCUT2D eigenvalue weighted by atomic mass is 35.5. The second-order valence-corrected chi connectivity index (χ2v) is 11.0. The first kappa shape index (κ1) is 42.3. The molecule has 256 valence electrons. The van der Waals surface area contributed by atoms with E-state index in [9.17, 15) is 20.4 Å². The third-order valence-electron chi connectivity index (χ3n) is 7.46. The van der Waals surface area contributed by atoms with Crippen molar-refractivity contribution in [2.45, 2.75) is 78.7 Å². The van der Waals surface area contributed by atoms with E-state index in [-0.39, 0.29) is 37.7 Å². The zero-order chi connectivity index (χ0) is 33.2. The van der Waals surface area contributed by atoms with Gasteiger partial charge in [-0.3, -0.25) is 9.80 Å². The van der Waals surface area contributed by atoms with Gasteiger partial charge in [0, 0.05) is 60.1 Å². The smallest absolute Gasteiger partial charge is 0.136 e. The maximum Gasteiger partial charge on any atom is 0.136 e. The Bertz CT molecular complexity index is 1150. The number of hydrogen-bond acceptors (Lipinski definition) is 11. The van der Waals surface area contributed by atoms with Crippen LogP contribution in [0.2, 0.25) is 0 Å². The molecule has 3 heterocycles. The van der Waals surface area contributed by atoms with Crippen LogP contribution in [0.5, 0.6) is 0 Å². The summed E-state index contributed by atoms with van der Waals surface area (Å²) in [5, 5.41) is 45.7. The van der Waals surface area contributed by atoms with E-state index in [1.165, 1.54) is 0 Å². The molecule has 13 heteroatoms. The van der Waals surface area contributed by atoms with E-state index in [4.69, 9.17) is 10.9 Å². The van der Waals surface area contributed by atoms with Gasteiger partial charge in [-0.15, -0.1) is 12.4 Å². The van der Waals surface area contributed by atoms with Gasteiger partial charge in [-0.1, -0.05) is 26.0 Å². The van der Waals surface area contributed by atoms with Crippen molar-refractivity contribution in [1.29, 1.82) is 0 Å². The van der Waals surface area contributed by atoms with Crippen LogP contribution in [0.4, 0.5) is 5.82 Å². The molecule has 3 rings (SSSR count). The molecule has 0 fully saturated rings. The number of nitrogen functional groups attached to an aromatic ring is 1. The van der Waals surface area contributed by atoms with Gasteiger partial charge in [0.2, 0.25) is 0 Å². The normalized spacial score (nSPS) is 13.6. The largest absolute Gasteiger partial charge is 0.395 e. The van der Waals surface area contributed by atoms with Gasteiger partial charge in [0.1, 0.15) is 11.6 Å². The molecule has 4 atom stereocenters. The number of aliphatic hydroxyl groups excluding tert-OH is 4. The lowest BCUT2D eigenvalue weighted by molar-refractivity contribution is 0.0682. The molecule has 0 saturated heterocycles. The fraction of sp³-hybridized carbons (Fsp3) is 0.562. The van der Waals surface area contributed by atoms with Gasteiger partial charge in [0.15, 0.2) is 0 Å². The van der Waals surface area contributed by atoms with E-state index in [1.807, 2.05) is 26.0 Å². The third-order valence-corrected chi connectivity index (χ3v) is 7.46. The highest BCUT2D eigenvalue weighted by Gasteiger charge is 2.19. The Balaban J connectivity index is 0.000000827. The van der Waals surface area contributed by atoms with Crippen LogP contribution in [0.15, 0.2) is 48.8 Å². The highest BCUT2D eigenvalue weighted by molar-refractivity contribution is 5.85. The number of aromatic nitrogens is 3. The molecule has 0 aliphatic rings. The van der Waals surface area contributed by atoms with Gasteiger partial charge in [0.25, 0.3) is 0 Å². The molecule has 12 nitrogen and oxygen atoms in total. The maximum atomic E-state index is 10.5. The van der Waals surface area contributed by atoms with Crippen LogP contribution < -0.4 is 11.6 Å². The average Bonchev–Trinajstić information content (AvgIpc) is 3.38. The number of nitrogens with two attached hydrogens (primary N) is 2. The summed E-state index contributed by atoms with van der Waals surface area (Å²) in [5.41, 5.74) is 9.33. The quantitative estimate of drug-likeness (QED) is 0.119. The molecule has 0 bridgehead atoms. The number of anilines is 1. The lowest BCUT2D eigenvalue weighted by atomic mass is 10.1. The van der Waals surface area contributed by atoms with E-state index in [2.05, 4.69) is 70.1 Å². The molecular formula is C32H56ClN7O5. The minimum atomic E-state index is -0.612. The summed E-state index contributed by atoms with van der Waals surface area (Å²) in [6, 6.07) is 11.5. The van der Waals surface area contributed by atoms with Crippen LogP contribution in [-0.2, 0) is 0 Å². The fourth-order valence-electron chi connectivity index (χ4n) is 4.81. The minimum absolute atomic E-state index is 0. The maximum absolute atomic E-state index is 10.5. The average molecular weight is 654 g/mol. The van der Waals surface area contributed by atoms with Gasteiger partial charge in [-0.25, -0.2) is 15.9 Å². The summed E-state index contributed by atoms with van der Waals surface area (Å²) in [4.78, 5) is 12.7. The van der Waals surface area contributed by atoms with Crippen molar-refractivity contribution in [1.82, 2.24) is 24.3 Å². The Morgan fingerprint density at radius 2 is 1.16 bits per heavy atom. The second kappa shape index (κ2) is 22.8. The second-order valence-electron chi connectivity index (χ2n) is 11.0. The summed E-state index contributed by atoms with van der Waals surface area (Å²) < 4.78 is 2.09. The van der Waals surface area contributed by atoms with Crippen molar-refractivity contribution in [3.05, 3.63) is 71.3 Å². The molecule has 0 saturated carbocycles. The van der Waals surface area contributed by atoms with Crippen LogP contribution in [0.3, 0.4) is 0 Å². The summed E-state index contributed by atoms with van der Waals surface area (Å²) in [6.07, 6.45) is 4.08. The molecular weight excluding hydrogens is 598 g/mol. The van der Waals surface area contributed by atoms with Gasteiger partial charge in [-0.05, 0) is 77.9 Å². The van der Waals surface area contributed by atoms with Gasteiger partial charge >= 0.3 is 0 Å². The van der Waals surface area contributed by atoms with Crippen molar-refractivity contribution < 1.29 is 25.6 Å². The number of nitrogens with zero attached hydrogens (tertiary/aromatic N) is 5. The van der Waals surface area contributed by atoms with Crippen molar-refractivity contribution in [3.63, 3.8) is 0 Å². The first-order valence-corrected chi connectivity index (χ1v) is 15.2. The summed E-state index contributed by atoms with van der Waals surface area (Å²) >= 11 is 0. The van der Waals surface area contributed by atoms with Crippen molar-refractivity contribution >= 4 is 18.2 Å². The van der Waals surface area contributed by atoms with E-state index in [1.54, 1.807) is 24.5 Å². The van der Waals surface area contributed by atoms with Crippen LogP contribution in [-0.4, -0.2) is 101 Å². The topological polar surface area (TPSA) is 190 Å². The third kappa shape index (κ3) is 13.7. The number of aryl methyl sites for hydroxylation is 2. The minimum Gasteiger partial charge on any atom is -0.395 e. The molecule has 2 unspecified atom stereocenters. The molecule has 9 N–H and O–H groups in total. The van der Waals surface area contributed by atoms with Gasteiger partial charge in [-0.2, -0.15) is 0 Å². The first-order valence-electron chi connectivity index (χ1n) is 15.2. The molecule has 3 aromatic rings. The molecule has 0 spiro atoms. The Hall–Kier alpha value is -2.65. The Morgan fingerprint density at radius 1 is 0.733 bits per heavy atom. The highest BCUT2D eigenvalue weighted by Crippen LogP contribution is 2.19. The lowest BCUT2D eigenvalue weighted by Crippen LogP contribution is -2.39. The molecule has 0 radical (unpaired) electrons. The molecule has 0 aliphatic carbocycles. The van der Waals surface area contributed by atoms with Crippen LogP contribution in [0, 0.1) is 13.8 Å². The van der Waals surface area contributed by atoms with Crippen LogP contribution in [0.25, 0.3) is 5.82 Å².